The summed E-state index contributed by atoms with van der Waals surface area (Å²) in [5, 5.41) is 53.5. The third-order valence-electron chi connectivity index (χ3n) is 35.6. The van der Waals surface area contributed by atoms with E-state index in [1.54, 1.807) is 16.7 Å². The normalized spacial score (nSPS) is 46.1. The van der Waals surface area contributed by atoms with Gasteiger partial charge in [0.2, 0.25) is 0 Å². The molecule has 0 radical (unpaired) electrons. The van der Waals surface area contributed by atoms with E-state index in [2.05, 4.69) is 93.4 Å². The van der Waals surface area contributed by atoms with E-state index >= 15 is 0 Å². The van der Waals surface area contributed by atoms with Gasteiger partial charge in [-0.2, -0.15) is 12.8 Å². The molecule has 16 rings (SSSR count). The Morgan fingerprint density at radius 3 is 1.15 bits per heavy atom. The molecule has 13 fully saturated rings. The minimum absolute atomic E-state index is 0. The Morgan fingerprint density at radius 2 is 0.825 bits per heavy atom. The predicted octanol–water partition coefficient (Wildman–Crippen LogP) is 19.5. The minimum Gasteiger partial charge on any atom is -1.00 e. The van der Waals surface area contributed by atoms with E-state index in [1.165, 1.54) is 199 Å². The first-order valence-corrected chi connectivity index (χ1v) is 44.3. The Balaban J connectivity index is 0.000000154. The van der Waals surface area contributed by atoms with Crippen LogP contribution < -0.4 is 12.4 Å². The van der Waals surface area contributed by atoms with E-state index in [9.17, 15) is 30.3 Å². The van der Waals surface area contributed by atoms with Crippen LogP contribution >= 0.6 is 0 Å². The number of rotatable bonds is 14. The van der Waals surface area contributed by atoms with E-state index in [-0.39, 0.29) is 47.7 Å². The van der Waals surface area contributed by atoms with Gasteiger partial charge < -0.3 is 53.9 Å². The quantitative estimate of drug-likeness (QED) is 0.0507. The van der Waals surface area contributed by atoms with E-state index in [4.69, 9.17) is 4.74 Å². The Hall–Kier alpha value is -0.424. The van der Waals surface area contributed by atoms with Crippen LogP contribution in [0.5, 0.6) is 0 Å². The predicted molar refractivity (Wildman–Crippen MR) is 423 cm³/mol. The van der Waals surface area contributed by atoms with Crippen LogP contribution in [0.2, 0.25) is 0 Å². The maximum atomic E-state index is 10.9. The van der Waals surface area contributed by atoms with E-state index < -0.39 is 16.8 Å². The SMILES string of the molecule is C1CCOC1.C[C@H](CCC=O)[C@H]1CC[C@H]2[C@@H]3CC=C4C[C@@](C)(O)CC[C@]4(C)[C@H]3CC[C@]12C.C[C@H](CC[C@@H](O)C1C[CH+]CC1)[C@H]1CC[C@H]2[C@@H]3CC=C4C[C@@](C)(O)CC[C@]4(C)[C@H]3CC[C@]12C.C[C@H](CC[C@H](O)C1CCCC1)[C@H]1CC[C@H]2[C@@H]3CC=C4C[C@@](C)(O)CC[C@]4(C)[C@H]3CC[C@]12C.[CH-]1CCCC1.[Cl-].[Mg+2]. The largest absolute Gasteiger partial charge is 2.00 e. The van der Waals surface area contributed by atoms with Gasteiger partial charge in [-0.1, -0.05) is 123 Å². The van der Waals surface area contributed by atoms with Crippen LogP contribution in [0.25, 0.3) is 0 Å². The van der Waals surface area contributed by atoms with Crippen LogP contribution in [0.15, 0.2) is 34.9 Å². The molecule has 9 heteroatoms. The molecule has 0 aromatic heterocycles. The van der Waals surface area contributed by atoms with Crippen molar-refractivity contribution in [1.29, 1.82) is 0 Å². The first-order chi connectivity index (χ1) is 48.0. The van der Waals surface area contributed by atoms with Crippen molar-refractivity contribution in [2.24, 2.45) is 133 Å². The Morgan fingerprint density at radius 1 is 0.456 bits per heavy atom. The van der Waals surface area contributed by atoms with Crippen molar-refractivity contribution in [2.75, 3.05) is 13.2 Å². The van der Waals surface area contributed by atoms with Crippen LogP contribution in [0.1, 0.15) is 359 Å². The summed E-state index contributed by atoms with van der Waals surface area (Å²) in [5.74, 6) is 13.4. The molecule has 103 heavy (non-hydrogen) atoms. The van der Waals surface area contributed by atoms with Gasteiger partial charge in [0.1, 0.15) is 6.29 Å². The topological polar surface area (TPSA) is 127 Å². The smallest absolute Gasteiger partial charge is 1.00 e. The Labute approximate surface area is 654 Å². The second kappa shape index (κ2) is 34.9. The average Bonchev–Trinajstić information content (AvgIpc) is 1.70. The molecule has 27 atom stereocenters. The summed E-state index contributed by atoms with van der Waals surface area (Å²) in [6.07, 6.45) is 66.1. The standard InChI is InChI=1S/C30H50O2.C30H49O2.C25H40O2.C5H9.C4H8O.ClH.Mg/c2*1-20(9-14-27(31)21-7-5-6-8-21)24-12-13-25-23-11-10-22-19-28(2,32)17-18-29(22,3)26(23)15-16-30(24,25)4;1-17(6-5-15-26)20-9-10-21-19-8-7-18-16-23(2,27)13-14-24(18,3)22(19)11-12-25(20,21)4;2*1-2-4-5-3-1;;/h10,20-21,23-27,31-32H,5-9,11-19H2,1-4H3;5,10,20-21,23-27,31-32H,6-9,11-19H2,1-4H3;7,15,17,19-22,27H,5-6,8-14,16H2,1-4H3;1H,2-5H2;1-4H2;1H;/q;+1;;-1;;;+2/p-1/t20-,23+,24-,25+,26+,27+,28+,29+,30-;20-,21?,23+,24-,25+,26+,27-,28+,29+,30-;17-,19+,20-,21+,22+,23+,24+,25-;;;;/m111..../s1. The van der Waals surface area contributed by atoms with Gasteiger partial charge in [0.25, 0.3) is 0 Å². The summed E-state index contributed by atoms with van der Waals surface area (Å²) in [6, 6.07) is 0. The van der Waals surface area contributed by atoms with Gasteiger partial charge in [-0.05, 0) is 366 Å². The fourth-order valence-electron chi connectivity index (χ4n) is 29.3. The number of halogens is 1. The summed E-state index contributed by atoms with van der Waals surface area (Å²) in [4.78, 5) is 10.9. The van der Waals surface area contributed by atoms with Gasteiger partial charge in [0, 0.05) is 25.6 Å². The van der Waals surface area contributed by atoms with Crippen LogP contribution in [0.3, 0.4) is 0 Å². The summed E-state index contributed by atoms with van der Waals surface area (Å²) in [7, 11) is 0. The van der Waals surface area contributed by atoms with Crippen LogP contribution in [0, 0.1) is 146 Å². The second-order valence-corrected chi connectivity index (χ2v) is 41.7. The molecular formula is C94H156ClMgO7+. The summed E-state index contributed by atoms with van der Waals surface area (Å²) in [6.45, 7) is 31.0. The molecule has 1 saturated heterocycles. The van der Waals surface area contributed by atoms with Gasteiger partial charge in [0.15, 0.2) is 0 Å². The molecule has 0 amide bonds. The van der Waals surface area contributed by atoms with E-state index in [0.29, 0.717) is 50.2 Å². The number of aldehydes is 1. The number of hydrogen-bond acceptors (Lipinski definition) is 7. The van der Waals surface area contributed by atoms with Gasteiger partial charge >= 0.3 is 23.1 Å². The minimum atomic E-state index is -0.492. The number of fused-ring (bicyclic) bond motifs is 15. The molecule has 1 aliphatic heterocycles. The van der Waals surface area contributed by atoms with Crippen LogP contribution in [-0.4, -0.2) is 97.1 Å². The van der Waals surface area contributed by atoms with Crippen LogP contribution in [0.4, 0.5) is 0 Å². The van der Waals surface area contributed by atoms with E-state index in [1.807, 2.05) is 20.8 Å². The molecule has 1 heterocycles. The molecular weight excluding hydrogens is 1300 g/mol. The molecule has 0 aromatic rings. The first kappa shape index (κ1) is 85.0. The van der Waals surface area contributed by atoms with Gasteiger partial charge in [-0.15, -0.1) is 0 Å². The van der Waals surface area contributed by atoms with Crippen molar-refractivity contribution < 1.29 is 47.5 Å². The molecule has 1 unspecified atom stereocenters. The number of ether oxygens (including phenoxy) is 1. The fourth-order valence-corrected chi connectivity index (χ4v) is 29.3. The summed E-state index contributed by atoms with van der Waals surface area (Å²) < 4.78 is 4.94. The Bertz CT molecular complexity index is 2660. The molecule has 16 aliphatic rings. The first-order valence-electron chi connectivity index (χ1n) is 44.3. The van der Waals surface area contributed by atoms with Crippen molar-refractivity contribution in [1.82, 2.24) is 0 Å². The molecule has 0 spiro atoms. The monoisotopic (exact) mass is 1460 g/mol. The molecule has 0 aromatic carbocycles. The second-order valence-electron chi connectivity index (χ2n) is 41.7. The third-order valence-corrected chi connectivity index (χ3v) is 35.6. The Kier molecular flexibility index (Phi) is 28.8. The number of aliphatic hydroxyl groups excluding tert-OH is 2. The van der Waals surface area contributed by atoms with Crippen LogP contribution in [-0.2, 0) is 9.53 Å². The van der Waals surface area contributed by atoms with Crippen molar-refractivity contribution in [3.8, 4) is 0 Å². The number of aliphatic hydroxyl groups is 5. The van der Waals surface area contributed by atoms with Crippen molar-refractivity contribution in [3.05, 3.63) is 47.8 Å². The van der Waals surface area contributed by atoms with E-state index in [0.717, 1.165) is 179 Å². The van der Waals surface area contributed by atoms with Crippen molar-refractivity contribution >= 4 is 29.3 Å². The molecule has 15 aliphatic carbocycles. The van der Waals surface area contributed by atoms with Crippen molar-refractivity contribution in [3.63, 3.8) is 0 Å². The number of carbonyl (C=O) groups excluding carboxylic acids is 1. The zero-order valence-electron chi connectivity index (χ0n) is 68.4. The number of allylic oxidation sites excluding steroid dienone is 3. The summed E-state index contributed by atoms with van der Waals surface area (Å²) >= 11 is 0. The van der Waals surface area contributed by atoms with Gasteiger partial charge in [-0.3, -0.25) is 0 Å². The molecule has 582 valence electrons. The van der Waals surface area contributed by atoms with Gasteiger partial charge in [-0.25, -0.2) is 0 Å². The number of hydrogen-bond donors (Lipinski definition) is 5. The summed E-state index contributed by atoms with van der Waals surface area (Å²) in [5.41, 5.74) is 5.73. The maximum absolute atomic E-state index is 10.9. The molecule has 7 nitrogen and oxygen atoms in total. The van der Waals surface area contributed by atoms with Crippen molar-refractivity contribution in [2.45, 2.75) is 388 Å². The average molecular weight is 1460 g/mol. The molecule has 12 saturated carbocycles. The third kappa shape index (κ3) is 17.8. The molecule has 5 N–H and O–H groups in total. The maximum Gasteiger partial charge on any atom is 2.00 e. The molecule has 0 bridgehead atoms. The van der Waals surface area contributed by atoms with Gasteiger partial charge in [0.05, 0.1) is 48.3 Å². The number of carbonyl (C=O) groups is 1. The fraction of sp³-hybridized carbons (Fsp3) is 0.904. The zero-order chi connectivity index (χ0) is 72.0. The zero-order valence-corrected chi connectivity index (χ0v) is 70.6.